The number of fused-ring (bicyclic) bond motifs is 1. The van der Waals surface area contributed by atoms with Crippen molar-refractivity contribution in [1.29, 1.82) is 0 Å². The van der Waals surface area contributed by atoms with Gasteiger partial charge in [-0.25, -0.2) is 14.6 Å². The summed E-state index contributed by atoms with van der Waals surface area (Å²) in [5.41, 5.74) is 4.36. The normalized spacial score (nSPS) is 22.1. The van der Waals surface area contributed by atoms with Crippen molar-refractivity contribution in [2.75, 3.05) is 38.0 Å². The highest BCUT2D eigenvalue weighted by Gasteiger charge is 2.55. The van der Waals surface area contributed by atoms with Crippen molar-refractivity contribution >= 4 is 63.8 Å². The molecule has 0 aliphatic carbocycles. The number of carbonyl (C=O) groups excluding carboxylic acids is 5. The molecule has 5 N–H and O–H groups in total. The van der Waals surface area contributed by atoms with Gasteiger partial charge >= 0.3 is 18.0 Å². The number of nitrogens with zero attached hydrogens (tertiary/aromatic N) is 4. The number of β-lactam (4-membered cyclic amide) rings is 1. The van der Waals surface area contributed by atoms with Crippen molar-refractivity contribution in [3.05, 3.63) is 22.3 Å². The summed E-state index contributed by atoms with van der Waals surface area (Å²) in [6.07, 6.45) is 0.658. The van der Waals surface area contributed by atoms with E-state index in [9.17, 15) is 34.3 Å². The summed E-state index contributed by atoms with van der Waals surface area (Å²) >= 11 is 2.22. The predicted octanol–water partition coefficient (Wildman–Crippen LogP) is 0.241. The lowest BCUT2D eigenvalue weighted by Crippen LogP contribution is -2.71. The van der Waals surface area contributed by atoms with E-state index < -0.39 is 59.2 Å². The van der Waals surface area contributed by atoms with Gasteiger partial charge in [-0.05, 0) is 33.6 Å². The zero-order valence-electron chi connectivity index (χ0n) is 23.6. The number of hydrogen-bond acceptors (Lipinski definition) is 15. The molecular formula is C25H32N6O10S2. The van der Waals surface area contributed by atoms with Crippen molar-refractivity contribution in [2.24, 2.45) is 10.6 Å². The largest absolute Gasteiger partial charge is 0.445 e. The van der Waals surface area contributed by atoms with Crippen LogP contribution < -0.4 is 11.1 Å². The first kappa shape index (κ1) is 32.0. The van der Waals surface area contributed by atoms with Crippen LogP contribution in [0.4, 0.5) is 9.93 Å². The van der Waals surface area contributed by atoms with Gasteiger partial charge in [0.2, 0.25) is 6.79 Å². The second kappa shape index (κ2) is 13.2. The summed E-state index contributed by atoms with van der Waals surface area (Å²) in [5, 5.41) is 25.2. The van der Waals surface area contributed by atoms with Crippen LogP contribution in [0.15, 0.2) is 21.8 Å². The standard InChI is InChI=1S/C25H32N6O10S2/c1-25(2,3)22(36)41-11-40-21(35)17-12(8-39-24(37)30-6-4-5-13(30)7-32)9-42-20-16(19(34)31(17)20)28-18(33)15(29-38)14-10-43-23(26)27-14/h10,13,16,20,32,38H,4-9,11H2,1-3H3,(H2,26,27)(H,28,33)/b29-15-/t13-,16?,20-/m0/s1. The molecule has 234 valence electrons. The third kappa shape index (κ3) is 6.86. The molecule has 0 saturated carbocycles. The summed E-state index contributed by atoms with van der Waals surface area (Å²) in [5.74, 6) is -3.06. The summed E-state index contributed by atoms with van der Waals surface area (Å²) in [6, 6.07) is -1.48. The molecule has 2 fully saturated rings. The Bertz CT molecular complexity index is 1360. The van der Waals surface area contributed by atoms with Crippen LogP contribution in [-0.4, -0.2) is 110 Å². The Labute approximate surface area is 254 Å². The monoisotopic (exact) mass is 640 g/mol. The Morgan fingerprint density at radius 3 is 2.60 bits per heavy atom. The van der Waals surface area contributed by atoms with E-state index in [2.05, 4.69) is 15.5 Å². The van der Waals surface area contributed by atoms with E-state index in [4.69, 9.17) is 19.9 Å². The van der Waals surface area contributed by atoms with Crippen LogP contribution >= 0.6 is 23.1 Å². The third-order valence-electron chi connectivity index (χ3n) is 6.79. The maximum atomic E-state index is 13.3. The SMILES string of the molecule is CC(C)(C)C(=O)OCOC(=O)C1=C(COC(=O)N2CCC[C@H]2CO)CS[C@H]2C(NC(=O)/C(=N\O)c3csc(N)n3)C(=O)N12. The molecule has 3 amide bonds. The first-order chi connectivity index (χ1) is 20.4. The molecule has 3 aliphatic heterocycles. The molecule has 1 aromatic rings. The van der Waals surface area contributed by atoms with Gasteiger partial charge in [0.25, 0.3) is 11.8 Å². The van der Waals surface area contributed by atoms with Crippen LogP contribution in [0.25, 0.3) is 0 Å². The molecule has 0 bridgehead atoms. The molecule has 16 nitrogen and oxygen atoms in total. The molecular weight excluding hydrogens is 608 g/mol. The Morgan fingerprint density at radius 2 is 1.98 bits per heavy atom. The van der Waals surface area contributed by atoms with Crippen LogP contribution in [0, 0.1) is 5.41 Å². The van der Waals surface area contributed by atoms with E-state index in [0.29, 0.717) is 19.4 Å². The second-order valence-electron chi connectivity index (χ2n) is 10.8. The van der Waals surface area contributed by atoms with Crippen LogP contribution in [-0.2, 0) is 33.4 Å². The van der Waals surface area contributed by atoms with Gasteiger partial charge in [-0.1, -0.05) is 5.16 Å². The van der Waals surface area contributed by atoms with Gasteiger partial charge in [0.1, 0.15) is 29.4 Å². The zero-order chi connectivity index (χ0) is 31.5. The van der Waals surface area contributed by atoms with Crippen molar-refractivity contribution < 1.29 is 48.5 Å². The molecule has 43 heavy (non-hydrogen) atoms. The van der Waals surface area contributed by atoms with Crippen LogP contribution in [0.5, 0.6) is 0 Å². The summed E-state index contributed by atoms with van der Waals surface area (Å²) in [4.78, 5) is 70.6. The topological polar surface area (TPSA) is 223 Å². The quantitative estimate of drug-likeness (QED) is 0.0710. The smallest absolute Gasteiger partial charge is 0.410 e. The minimum atomic E-state index is -1.11. The number of carbonyl (C=O) groups is 5. The van der Waals surface area contributed by atoms with Crippen molar-refractivity contribution in [1.82, 2.24) is 20.1 Å². The van der Waals surface area contributed by atoms with Gasteiger partial charge in [0.05, 0.1) is 18.1 Å². The number of aliphatic hydroxyl groups excluding tert-OH is 1. The Hall–Kier alpha value is -3.90. The maximum absolute atomic E-state index is 13.3. The van der Waals surface area contributed by atoms with Crippen molar-refractivity contribution in [2.45, 2.75) is 51.1 Å². The lowest BCUT2D eigenvalue weighted by atomic mass is 9.98. The molecule has 1 unspecified atom stereocenters. The van der Waals surface area contributed by atoms with Gasteiger partial charge in [0.15, 0.2) is 10.8 Å². The first-order valence-corrected chi connectivity index (χ1v) is 15.1. The lowest BCUT2D eigenvalue weighted by molar-refractivity contribution is -0.173. The first-order valence-electron chi connectivity index (χ1n) is 13.2. The number of thiazole rings is 1. The van der Waals surface area contributed by atoms with Crippen LogP contribution in [0.1, 0.15) is 39.3 Å². The van der Waals surface area contributed by atoms with E-state index in [1.165, 1.54) is 22.0 Å². The van der Waals surface area contributed by atoms with Crippen molar-refractivity contribution in [3.8, 4) is 0 Å². The number of anilines is 1. The minimum Gasteiger partial charge on any atom is -0.445 e. The van der Waals surface area contributed by atoms with Gasteiger partial charge in [0, 0.05) is 23.3 Å². The molecule has 4 heterocycles. The number of thioether (sulfide) groups is 1. The van der Waals surface area contributed by atoms with E-state index in [1.807, 2.05) is 0 Å². The molecule has 3 aliphatic rings. The number of ether oxygens (including phenoxy) is 3. The highest BCUT2D eigenvalue weighted by molar-refractivity contribution is 8.00. The van der Waals surface area contributed by atoms with Crippen LogP contribution in [0.2, 0.25) is 0 Å². The molecule has 0 spiro atoms. The number of nitrogen functional groups attached to an aromatic ring is 1. The molecule has 1 aromatic heterocycles. The van der Waals surface area contributed by atoms with Gasteiger partial charge < -0.3 is 40.5 Å². The molecule has 4 rings (SSSR count). The molecule has 0 radical (unpaired) electrons. The second-order valence-corrected chi connectivity index (χ2v) is 12.8. The van der Waals surface area contributed by atoms with E-state index in [1.54, 1.807) is 20.8 Å². The highest BCUT2D eigenvalue weighted by atomic mass is 32.2. The number of rotatable bonds is 9. The molecule has 2 saturated heterocycles. The Balaban J connectivity index is 1.50. The Morgan fingerprint density at radius 1 is 1.23 bits per heavy atom. The number of aromatic nitrogens is 1. The summed E-state index contributed by atoms with van der Waals surface area (Å²) in [6.45, 7) is 4.00. The number of likely N-dealkylation sites (tertiary alicyclic amines) is 1. The fourth-order valence-electron chi connectivity index (χ4n) is 4.52. The minimum absolute atomic E-state index is 0.0157. The number of aliphatic hydroxyl groups is 1. The number of nitrogens with one attached hydrogen (secondary N) is 1. The van der Waals surface area contributed by atoms with Gasteiger partial charge in [-0.15, -0.1) is 23.1 Å². The van der Waals surface area contributed by atoms with Crippen molar-refractivity contribution in [3.63, 3.8) is 0 Å². The molecule has 3 atom stereocenters. The fraction of sp³-hybridized carbons (Fsp3) is 0.560. The zero-order valence-corrected chi connectivity index (χ0v) is 25.2. The lowest BCUT2D eigenvalue weighted by Gasteiger charge is -2.49. The number of amides is 3. The number of hydrogen-bond donors (Lipinski definition) is 4. The number of nitrogens with two attached hydrogens (primary N) is 1. The van der Waals surface area contributed by atoms with Gasteiger partial charge in [-0.2, -0.15) is 0 Å². The fourth-order valence-corrected chi connectivity index (χ4v) is 6.40. The molecule has 18 heteroatoms. The van der Waals surface area contributed by atoms with E-state index in [-0.39, 0.29) is 47.1 Å². The summed E-state index contributed by atoms with van der Waals surface area (Å²) < 4.78 is 15.6. The maximum Gasteiger partial charge on any atom is 0.410 e. The highest BCUT2D eigenvalue weighted by Crippen LogP contribution is 2.41. The molecule has 0 aromatic carbocycles. The van der Waals surface area contributed by atoms with Crippen LogP contribution in [0.3, 0.4) is 0 Å². The number of esters is 2. The van der Waals surface area contributed by atoms with E-state index >= 15 is 0 Å². The van der Waals surface area contributed by atoms with E-state index in [0.717, 1.165) is 16.2 Å². The average Bonchev–Trinajstić information content (AvgIpc) is 3.62. The predicted molar refractivity (Wildman–Crippen MR) is 152 cm³/mol. The van der Waals surface area contributed by atoms with Gasteiger partial charge in [-0.3, -0.25) is 19.3 Å². The number of oxime groups is 1. The summed E-state index contributed by atoms with van der Waals surface area (Å²) in [7, 11) is 0. The Kier molecular flexibility index (Phi) is 9.81. The average molecular weight is 641 g/mol. The third-order valence-corrected chi connectivity index (χ3v) is 8.81.